The van der Waals surface area contributed by atoms with E-state index < -0.39 is 23.4 Å². The van der Waals surface area contributed by atoms with Crippen LogP contribution in [0.4, 0.5) is 5.69 Å². The standard InChI is InChI=1S/C15H20N2O6/c1-4-5-10(2)16-14(18)9-23-15(19)12-8-11(17(20)21)6-7-13(12)22-3/h6-8,10H,4-5,9H2,1-3H3,(H,16,18)/t10-/m1/s1. The van der Waals surface area contributed by atoms with Gasteiger partial charge in [0.2, 0.25) is 0 Å². The van der Waals surface area contributed by atoms with Gasteiger partial charge in [0.25, 0.3) is 11.6 Å². The van der Waals surface area contributed by atoms with Gasteiger partial charge in [0, 0.05) is 18.2 Å². The number of hydrogen-bond donors (Lipinski definition) is 1. The number of benzene rings is 1. The van der Waals surface area contributed by atoms with E-state index >= 15 is 0 Å². The van der Waals surface area contributed by atoms with E-state index in [4.69, 9.17) is 9.47 Å². The lowest BCUT2D eigenvalue weighted by atomic mass is 10.2. The monoisotopic (exact) mass is 324 g/mol. The maximum absolute atomic E-state index is 12.0. The first-order valence-corrected chi connectivity index (χ1v) is 7.18. The van der Waals surface area contributed by atoms with Crippen molar-refractivity contribution in [3.8, 4) is 5.75 Å². The molecule has 1 atom stereocenters. The number of carbonyl (C=O) groups excluding carboxylic acids is 2. The summed E-state index contributed by atoms with van der Waals surface area (Å²) in [4.78, 5) is 33.8. The van der Waals surface area contributed by atoms with Crippen LogP contribution in [0.15, 0.2) is 18.2 Å². The van der Waals surface area contributed by atoms with Crippen molar-refractivity contribution in [3.05, 3.63) is 33.9 Å². The van der Waals surface area contributed by atoms with Crippen LogP contribution in [-0.2, 0) is 9.53 Å². The van der Waals surface area contributed by atoms with E-state index in [9.17, 15) is 19.7 Å². The Balaban J connectivity index is 2.72. The molecule has 0 radical (unpaired) electrons. The molecule has 126 valence electrons. The van der Waals surface area contributed by atoms with E-state index in [-0.39, 0.29) is 23.0 Å². The molecule has 1 rings (SSSR count). The molecule has 0 aliphatic rings. The average molecular weight is 324 g/mol. The predicted molar refractivity (Wildman–Crippen MR) is 82.4 cm³/mol. The summed E-state index contributed by atoms with van der Waals surface area (Å²) < 4.78 is 9.87. The number of rotatable bonds is 8. The van der Waals surface area contributed by atoms with Gasteiger partial charge in [-0.15, -0.1) is 0 Å². The van der Waals surface area contributed by atoms with Gasteiger partial charge in [-0.3, -0.25) is 14.9 Å². The minimum absolute atomic E-state index is 0.0152. The fraction of sp³-hybridized carbons (Fsp3) is 0.467. The van der Waals surface area contributed by atoms with E-state index in [0.29, 0.717) is 0 Å². The number of ether oxygens (including phenoxy) is 2. The molecule has 1 aromatic rings. The van der Waals surface area contributed by atoms with Crippen molar-refractivity contribution in [2.45, 2.75) is 32.7 Å². The highest BCUT2D eigenvalue weighted by Crippen LogP contribution is 2.24. The Kier molecular flexibility index (Phi) is 6.98. The lowest BCUT2D eigenvalue weighted by Crippen LogP contribution is -2.35. The van der Waals surface area contributed by atoms with E-state index in [1.54, 1.807) is 0 Å². The van der Waals surface area contributed by atoms with Gasteiger partial charge >= 0.3 is 5.97 Å². The molecule has 23 heavy (non-hydrogen) atoms. The van der Waals surface area contributed by atoms with Crippen molar-refractivity contribution >= 4 is 17.6 Å². The molecule has 0 fully saturated rings. The SMILES string of the molecule is CCC[C@@H](C)NC(=O)COC(=O)c1cc([N+](=O)[O-])ccc1OC. The van der Waals surface area contributed by atoms with Crippen LogP contribution in [0.3, 0.4) is 0 Å². The molecule has 0 heterocycles. The number of carbonyl (C=O) groups is 2. The van der Waals surface area contributed by atoms with Crippen LogP contribution in [0.25, 0.3) is 0 Å². The number of methoxy groups -OCH3 is 1. The van der Waals surface area contributed by atoms with Crippen molar-refractivity contribution in [2.75, 3.05) is 13.7 Å². The summed E-state index contributed by atoms with van der Waals surface area (Å²) >= 11 is 0. The quantitative estimate of drug-likeness (QED) is 0.445. The van der Waals surface area contributed by atoms with Crippen molar-refractivity contribution in [1.82, 2.24) is 5.32 Å². The van der Waals surface area contributed by atoms with Gasteiger partial charge < -0.3 is 14.8 Å². The molecule has 1 aromatic carbocycles. The van der Waals surface area contributed by atoms with Crippen molar-refractivity contribution in [1.29, 1.82) is 0 Å². The van der Waals surface area contributed by atoms with Gasteiger partial charge in [-0.1, -0.05) is 13.3 Å². The molecular formula is C15H20N2O6. The number of hydrogen-bond acceptors (Lipinski definition) is 6. The third kappa shape index (κ3) is 5.57. The van der Waals surface area contributed by atoms with E-state index in [2.05, 4.69) is 5.32 Å². The smallest absolute Gasteiger partial charge is 0.342 e. The van der Waals surface area contributed by atoms with Gasteiger partial charge in [0.05, 0.1) is 12.0 Å². The lowest BCUT2D eigenvalue weighted by molar-refractivity contribution is -0.384. The maximum atomic E-state index is 12.0. The van der Waals surface area contributed by atoms with Crippen LogP contribution < -0.4 is 10.1 Å². The minimum Gasteiger partial charge on any atom is -0.496 e. The second-order valence-electron chi connectivity index (χ2n) is 4.98. The first kappa shape index (κ1) is 18.4. The van der Waals surface area contributed by atoms with Crippen LogP contribution in [0.5, 0.6) is 5.75 Å². The molecule has 0 aliphatic heterocycles. The van der Waals surface area contributed by atoms with Gasteiger partial charge in [0.15, 0.2) is 6.61 Å². The third-order valence-electron chi connectivity index (χ3n) is 3.08. The highest BCUT2D eigenvalue weighted by atomic mass is 16.6. The minimum atomic E-state index is -0.858. The Hall–Kier alpha value is -2.64. The Morgan fingerprint density at radius 3 is 2.65 bits per heavy atom. The molecule has 0 aliphatic carbocycles. The first-order valence-electron chi connectivity index (χ1n) is 7.18. The van der Waals surface area contributed by atoms with Crippen molar-refractivity contribution < 1.29 is 24.0 Å². The third-order valence-corrected chi connectivity index (χ3v) is 3.08. The summed E-state index contributed by atoms with van der Waals surface area (Å²) in [5.41, 5.74) is -0.366. The van der Waals surface area contributed by atoms with Crippen molar-refractivity contribution in [2.24, 2.45) is 0 Å². The van der Waals surface area contributed by atoms with Crippen LogP contribution in [0.1, 0.15) is 37.0 Å². The molecule has 0 unspecified atom stereocenters. The van der Waals surface area contributed by atoms with E-state index in [0.717, 1.165) is 18.9 Å². The van der Waals surface area contributed by atoms with E-state index in [1.807, 2.05) is 13.8 Å². The summed E-state index contributed by atoms with van der Waals surface area (Å²) in [7, 11) is 1.33. The van der Waals surface area contributed by atoms with Gasteiger partial charge in [-0.05, 0) is 19.4 Å². The average Bonchev–Trinajstić information content (AvgIpc) is 2.52. The van der Waals surface area contributed by atoms with E-state index in [1.165, 1.54) is 19.2 Å². The first-order chi connectivity index (χ1) is 10.9. The zero-order valence-corrected chi connectivity index (χ0v) is 13.3. The molecule has 8 nitrogen and oxygen atoms in total. The summed E-state index contributed by atoms with van der Waals surface area (Å²) in [6.45, 7) is 3.39. The van der Waals surface area contributed by atoms with Crippen LogP contribution >= 0.6 is 0 Å². The molecular weight excluding hydrogens is 304 g/mol. The molecule has 0 saturated carbocycles. The summed E-state index contributed by atoms with van der Waals surface area (Å²) in [6, 6.07) is 3.56. The number of nitro benzene ring substituents is 1. The lowest BCUT2D eigenvalue weighted by Gasteiger charge is -2.13. The maximum Gasteiger partial charge on any atom is 0.342 e. The topological polar surface area (TPSA) is 108 Å². The Bertz CT molecular complexity index is 587. The summed E-state index contributed by atoms with van der Waals surface area (Å²) in [6.07, 6.45) is 1.74. The molecule has 0 aromatic heterocycles. The summed E-state index contributed by atoms with van der Waals surface area (Å²) in [5.74, 6) is -1.15. The fourth-order valence-corrected chi connectivity index (χ4v) is 2.00. The molecule has 1 amide bonds. The number of nitrogens with zero attached hydrogens (tertiary/aromatic N) is 1. The largest absolute Gasteiger partial charge is 0.496 e. The highest BCUT2D eigenvalue weighted by Gasteiger charge is 2.19. The number of non-ortho nitro benzene ring substituents is 1. The summed E-state index contributed by atoms with van der Waals surface area (Å²) in [5, 5.41) is 13.5. The van der Waals surface area contributed by atoms with Crippen LogP contribution in [-0.4, -0.2) is 36.6 Å². The molecule has 0 spiro atoms. The van der Waals surface area contributed by atoms with Crippen LogP contribution in [0, 0.1) is 10.1 Å². The molecule has 0 saturated heterocycles. The highest BCUT2D eigenvalue weighted by molar-refractivity contribution is 5.94. The Labute approximate surface area is 133 Å². The van der Waals surface area contributed by atoms with Gasteiger partial charge in [0.1, 0.15) is 11.3 Å². The normalized spacial score (nSPS) is 11.4. The second-order valence-corrected chi connectivity index (χ2v) is 4.98. The molecule has 1 N–H and O–H groups in total. The number of nitrogens with one attached hydrogen (secondary N) is 1. The zero-order valence-electron chi connectivity index (χ0n) is 13.3. The number of esters is 1. The predicted octanol–water partition coefficient (Wildman–Crippen LogP) is 2.06. The zero-order chi connectivity index (χ0) is 17.4. The molecule has 0 bridgehead atoms. The molecule has 8 heteroatoms. The Morgan fingerprint density at radius 1 is 1.39 bits per heavy atom. The number of nitro groups is 1. The fourth-order valence-electron chi connectivity index (χ4n) is 2.00. The second kappa shape index (κ2) is 8.72. The van der Waals surface area contributed by atoms with Gasteiger partial charge in [-0.25, -0.2) is 4.79 Å². The van der Waals surface area contributed by atoms with Crippen LogP contribution in [0.2, 0.25) is 0 Å². The Morgan fingerprint density at radius 2 is 2.09 bits per heavy atom. The van der Waals surface area contributed by atoms with Crippen molar-refractivity contribution in [3.63, 3.8) is 0 Å². The van der Waals surface area contributed by atoms with Gasteiger partial charge in [-0.2, -0.15) is 0 Å². The number of amides is 1.